The van der Waals surface area contributed by atoms with Crippen LogP contribution in [0.4, 0.5) is 0 Å². The number of hydrogen-bond acceptors (Lipinski definition) is 20. The molecule has 0 aliphatic heterocycles. The van der Waals surface area contributed by atoms with E-state index >= 15 is 0 Å². The maximum atomic E-state index is 13.1. The molecule has 2 amide bonds. The van der Waals surface area contributed by atoms with E-state index in [0.29, 0.717) is 51.4 Å². The van der Waals surface area contributed by atoms with Gasteiger partial charge < -0.3 is 66.9 Å². The number of phosphoric acid groups is 2. The molecule has 111 heavy (non-hydrogen) atoms. The first-order chi connectivity index (χ1) is 52.9. The van der Waals surface area contributed by atoms with E-state index in [1.54, 1.807) is 0 Å². The summed E-state index contributed by atoms with van der Waals surface area (Å²) >= 11 is 0. The minimum Gasteiger partial charge on any atom is -0.756 e. The molecule has 0 aromatic rings. The first-order valence-corrected chi connectivity index (χ1v) is 47.5. The molecule has 0 aromatic carbocycles. The predicted molar refractivity (Wildman–Crippen MR) is 433 cm³/mol. The molecule has 0 aliphatic carbocycles. The van der Waals surface area contributed by atoms with Gasteiger partial charge in [0, 0.05) is 51.6 Å². The zero-order chi connectivity index (χ0) is 80.0. The van der Waals surface area contributed by atoms with Crippen molar-refractivity contribution in [3.8, 4) is 0 Å². The van der Waals surface area contributed by atoms with E-state index in [9.17, 15) is 47.7 Å². The summed E-state index contributed by atoms with van der Waals surface area (Å²) in [5.74, 6) is -3.06. The van der Waals surface area contributed by atoms with E-state index in [1.165, 1.54) is 154 Å². The summed E-state index contributed by atoms with van der Waals surface area (Å²) in [7, 11) is -10.1. The number of phosphoric ester groups is 2. The monoisotopic (exact) mass is 1640 g/mol. The van der Waals surface area contributed by atoms with Crippen molar-refractivity contribution >= 4 is 51.3 Å². The molecule has 0 aliphatic rings. The molecule has 0 aromatic heterocycles. The Balaban J connectivity index is -0.0000583. The van der Waals surface area contributed by atoms with Crippen LogP contribution in [0, 0.1) is 0 Å². The fourth-order valence-electron chi connectivity index (χ4n) is 13.0. The Morgan fingerprint density at radius 3 is 0.730 bits per heavy atom. The van der Waals surface area contributed by atoms with Gasteiger partial charge in [0.25, 0.3) is 15.6 Å². The number of rotatable bonds is 86. The van der Waals surface area contributed by atoms with Gasteiger partial charge in [-0.15, -0.1) is 0 Å². The number of carbonyl (C=O) groups excluding carboxylic acids is 6. The Morgan fingerprint density at radius 1 is 0.270 bits per heavy atom. The Labute approximate surface area is 720 Å². The average Bonchev–Trinajstić information content (AvgIpc) is 0.922. The van der Waals surface area contributed by atoms with Gasteiger partial charge in [0.15, 0.2) is 0 Å². The molecule has 0 bridgehead atoms. The number of esters is 4. The third-order valence-electron chi connectivity index (χ3n) is 19.7. The quantitative estimate of drug-likeness (QED) is 0.0143. The zero-order valence-electron chi connectivity index (χ0n) is 72.2. The Bertz CT molecular complexity index is 2080. The third kappa shape index (κ3) is 82.4. The number of hydrogen-bond donors (Lipinski definition) is 2. The van der Waals surface area contributed by atoms with Crippen LogP contribution in [0.25, 0.3) is 0 Å². The molecule has 0 rings (SSSR count). The zero-order valence-corrected chi connectivity index (χ0v) is 77.9. The Kier molecular flexibility index (Phi) is 87.8. The van der Waals surface area contributed by atoms with Gasteiger partial charge in [0.1, 0.15) is 30.8 Å². The summed E-state index contributed by atoms with van der Waals surface area (Å²) in [5, 5.41) is 4.80. The van der Waals surface area contributed by atoms with E-state index in [4.69, 9.17) is 46.5 Å². The molecule has 0 saturated carbocycles. The number of amides is 2. The van der Waals surface area contributed by atoms with Crippen LogP contribution in [0.2, 0.25) is 0 Å². The van der Waals surface area contributed by atoms with Crippen molar-refractivity contribution in [1.82, 2.24) is 10.6 Å². The van der Waals surface area contributed by atoms with E-state index in [-0.39, 0.29) is 136 Å². The van der Waals surface area contributed by atoms with Crippen LogP contribution in [0.1, 0.15) is 420 Å². The number of nitrogens with one attached hydrogen (secondary N) is 2. The van der Waals surface area contributed by atoms with Crippen molar-refractivity contribution < 1.29 is 153 Å². The molecule has 0 heterocycles. The molecule has 644 valence electrons. The van der Waals surface area contributed by atoms with Crippen LogP contribution in [0.5, 0.6) is 0 Å². The van der Waals surface area contributed by atoms with Crippen molar-refractivity contribution in [3.63, 3.8) is 0 Å². The summed E-state index contributed by atoms with van der Waals surface area (Å²) in [4.78, 5) is 104. The fourth-order valence-corrected chi connectivity index (χ4v) is 14.4. The molecule has 6 atom stereocenters. The predicted octanol–water partition coefficient (Wildman–Crippen LogP) is 15.0. The van der Waals surface area contributed by atoms with Crippen LogP contribution in [-0.4, -0.2) is 126 Å². The molecule has 2 N–H and O–H groups in total. The van der Waals surface area contributed by atoms with Gasteiger partial charge in [0.2, 0.25) is 11.8 Å². The number of unbranched alkanes of at least 4 members (excludes halogenated alkanes) is 44. The summed E-state index contributed by atoms with van der Waals surface area (Å²) in [6.45, 7) is 10.1. The molecule has 0 fully saturated rings. The van der Waals surface area contributed by atoms with Crippen molar-refractivity contribution in [2.45, 2.75) is 445 Å². The van der Waals surface area contributed by atoms with Crippen LogP contribution in [0.3, 0.4) is 0 Å². The summed E-state index contributed by atoms with van der Waals surface area (Å²) in [6.07, 6.45) is 55.1. The molecular formula is C85H162N2Na2O20P2. The van der Waals surface area contributed by atoms with Gasteiger partial charge in [-0.05, 0) is 51.4 Å². The van der Waals surface area contributed by atoms with E-state index in [1.807, 2.05) is 0 Å². The Morgan fingerprint density at radius 2 is 0.486 bits per heavy atom. The molecule has 26 heteroatoms. The smallest absolute Gasteiger partial charge is 0.756 e. The molecule has 0 spiro atoms. The van der Waals surface area contributed by atoms with Crippen molar-refractivity contribution in [3.05, 3.63) is 0 Å². The van der Waals surface area contributed by atoms with E-state index < -0.39 is 84.5 Å². The summed E-state index contributed by atoms with van der Waals surface area (Å²) < 4.78 is 81.7. The van der Waals surface area contributed by atoms with Gasteiger partial charge in [-0.25, -0.2) is 0 Å². The molecule has 0 saturated heterocycles. The van der Waals surface area contributed by atoms with Crippen molar-refractivity contribution in [2.24, 2.45) is 0 Å². The molecular weight excluding hydrogens is 1480 g/mol. The van der Waals surface area contributed by atoms with E-state index in [2.05, 4.69) is 52.2 Å². The first kappa shape index (κ1) is 114. The van der Waals surface area contributed by atoms with Gasteiger partial charge >= 0.3 is 83.0 Å². The van der Waals surface area contributed by atoms with Crippen LogP contribution < -0.4 is 79.5 Å². The third-order valence-corrected chi connectivity index (χ3v) is 21.6. The minimum absolute atomic E-state index is 0. The summed E-state index contributed by atoms with van der Waals surface area (Å²) in [5.41, 5.74) is 0. The second-order valence-corrected chi connectivity index (χ2v) is 33.2. The van der Waals surface area contributed by atoms with Crippen LogP contribution in [-0.2, 0) is 84.4 Å². The van der Waals surface area contributed by atoms with Crippen molar-refractivity contribution in [1.29, 1.82) is 0 Å². The van der Waals surface area contributed by atoms with Gasteiger partial charge in [-0.3, -0.25) is 37.9 Å². The largest absolute Gasteiger partial charge is 1.00 e. The fraction of sp³-hybridized carbons (Fsp3) is 0.929. The second kappa shape index (κ2) is 85.4. The maximum absolute atomic E-state index is 13.1. The van der Waals surface area contributed by atoms with Gasteiger partial charge in [-0.1, -0.05) is 324 Å². The topological polar surface area (TPSA) is 299 Å². The molecule has 0 radical (unpaired) electrons. The second-order valence-electron chi connectivity index (χ2n) is 30.3. The average molecular weight is 1640 g/mol. The summed E-state index contributed by atoms with van der Waals surface area (Å²) in [6, 6.07) is 0. The van der Waals surface area contributed by atoms with Crippen LogP contribution in [0.15, 0.2) is 0 Å². The molecule has 22 nitrogen and oxygen atoms in total. The van der Waals surface area contributed by atoms with Gasteiger partial charge in [0.05, 0.1) is 52.9 Å². The van der Waals surface area contributed by atoms with E-state index in [0.717, 1.165) is 154 Å². The van der Waals surface area contributed by atoms with Gasteiger partial charge in [-0.2, -0.15) is 0 Å². The van der Waals surface area contributed by atoms with Crippen molar-refractivity contribution in [2.75, 3.05) is 65.9 Å². The maximum Gasteiger partial charge on any atom is 1.00 e. The Hall–Kier alpha value is -1.04. The number of carbonyl (C=O) groups is 6. The first-order valence-electron chi connectivity index (χ1n) is 44.6. The normalized spacial score (nSPS) is 13.5. The number of ether oxygens (including phenoxy) is 6. The molecule has 2 unspecified atom stereocenters. The minimum atomic E-state index is -5.03. The SMILES string of the molecule is CCCCCCCCCCCCCC(=O)O[C@@H](COCC[C@@H](CCCCCCC)OC(=O)CCCCCCCCCCC)COP(=O)([O-])OCCNC(=O)CC(=O)NCCOP(=O)([O-])OC[C@H](COCC[C@@H](CCCCCCC)OC(=O)CCCCCCCCCCC)OC(=O)CCCCCCCCCCCCC.[Na+].[Na+]. The van der Waals surface area contributed by atoms with Crippen LogP contribution >= 0.6 is 15.6 Å². The standard InChI is InChI=1S/C85H164N2O20P2.2Na/c1-7-13-19-25-29-33-35-39-43-49-55-61-84(92)106-78(72-98-67-63-76(57-51-45-23-17-11-5)104-82(90)59-53-47-41-37-31-27-21-15-9-3)74-102-108(94,95)100-69-65-86-80(88)71-81(89)87-66-70-101-109(96,97)103-75-79(107-85(93)62-56-50-44-40-36-34-30-26-20-14-8-2)73-99-68-64-77(58-52-46-24-18-12-6)105-83(91)60-54-48-42-38-32-28-22-16-10-4;;/h76-79H,7-75H2,1-6H3,(H,86,88)(H,87,89)(H,94,95)(H,96,97);;/q;2*+1/p-2/t76-,77-,78+,79+;;/m1../s1.